The Bertz CT molecular complexity index is 913. The number of hydrogen-bond donors (Lipinski definition) is 2. The van der Waals surface area contributed by atoms with Gasteiger partial charge in [0.15, 0.2) is 5.78 Å². The predicted molar refractivity (Wildman–Crippen MR) is 80.6 cm³/mol. The number of nitrogens with zero attached hydrogens (tertiary/aromatic N) is 1. The van der Waals surface area contributed by atoms with E-state index in [1.165, 1.54) is 12.1 Å². The van der Waals surface area contributed by atoms with Crippen molar-refractivity contribution in [1.29, 1.82) is 0 Å². The number of ether oxygens (including phenoxy) is 1. The molecule has 2 aromatic rings. The van der Waals surface area contributed by atoms with Gasteiger partial charge in [-0.2, -0.15) is 0 Å². The van der Waals surface area contributed by atoms with Gasteiger partial charge in [0.1, 0.15) is 17.2 Å². The van der Waals surface area contributed by atoms with Gasteiger partial charge in [-0.1, -0.05) is 17.7 Å². The summed E-state index contributed by atoms with van der Waals surface area (Å²) < 4.78 is 5.53. The highest BCUT2D eigenvalue weighted by Crippen LogP contribution is 2.58. The second kappa shape index (κ2) is 4.21. The molecule has 1 aliphatic carbocycles. The van der Waals surface area contributed by atoms with Crippen LogP contribution in [0.4, 0.5) is 11.4 Å². The molecule has 0 bridgehead atoms. The van der Waals surface area contributed by atoms with Crippen LogP contribution in [0, 0.1) is 10.1 Å². The van der Waals surface area contributed by atoms with Crippen LogP contribution < -0.4 is 10.5 Å². The van der Waals surface area contributed by atoms with Crippen molar-refractivity contribution in [1.82, 2.24) is 0 Å². The maximum absolute atomic E-state index is 12.8. The molecule has 2 unspecified atom stereocenters. The van der Waals surface area contributed by atoms with E-state index < -0.39 is 28.1 Å². The maximum Gasteiger partial charge on any atom is 0.280 e. The average Bonchev–Trinajstić information content (AvgIpc) is 2.88. The van der Waals surface area contributed by atoms with Crippen LogP contribution in [0.5, 0.6) is 5.75 Å². The third kappa shape index (κ3) is 1.60. The number of nitro benzene ring substituents is 1. The average molecular weight is 333 g/mol. The van der Waals surface area contributed by atoms with E-state index >= 15 is 0 Å². The molecule has 0 saturated carbocycles. The fourth-order valence-electron chi connectivity index (χ4n) is 3.32. The van der Waals surface area contributed by atoms with Crippen LogP contribution in [0.2, 0.25) is 5.02 Å². The van der Waals surface area contributed by atoms with E-state index in [-0.39, 0.29) is 22.6 Å². The molecule has 2 aromatic carbocycles. The van der Waals surface area contributed by atoms with E-state index in [0.717, 1.165) is 6.07 Å². The summed E-state index contributed by atoms with van der Waals surface area (Å²) >= 11 is 5.89. The minimum Gasteiger partial charge on any atom is -0.456 e. The van der Waals surface area contributed by atoms with Gasteiger partial charge in [-0.25, -0.2) is 0 Å². The summed E-state index contributed by atoms with van der Waals surface area (Å²) in [6.45, 7) is 0. The normalized spacial score (nSPS) is 23.9. The molecule has 0 fully saturated rings. The van der Waals surface area contributed by atoms with E-state index in [1.54, 1.807) is 12.1 Å². The summed E-state index contributed by atoms with van der Waals surface area (Å²) in [5.41, 5.74) is 5.62. The molecule has 23 heavy (non-hydrogen) atoms. The van der Waals surface area contributed by atoms with Gasteiger partial charge in [0, 0.05) is 22.3 Å². The number of carbonyl (C=O) groups is 1. The predicted octanol–water partition coefficient (Wildman–Crippen LogP) is 2.35. The summed E-state index contributed by atoms with van der Waals surface area (Å²) in [5, 5.41) is 22.6. The van der Waals surface area contributed by atoms with E-state index in [4.69, 9.17) is 22.1 Å². The first-order valence-corrected chi connectivity index (χ1v) is 7.05. The molecule has 1 heterocycles. The molecule has 7 nitrogen and oxygen atoms in total. The molecule has 0 spiro atoms. The van der Waals surface area contributed by atoms with Crippen LogP contribution in [0.25, 0.3) is 0 Å². The first-order chi connectivity index (χ1) is 10.8. The summed E-state index contributed by atoms with van der Waals surface area (Å²) in [7, 11) is 0. The number of Topliss-reactive ketones (excluding diaryl/α,β-unsaturated/α-hetero) is 1. The molecule has 1 aliphatic heterocycles. The summed E-state index contributed by atoms with van der Waals surface area (Å²) in [4.78, 5) is 23.4. The van der Waals surface area contributed by atoms with Crippen LogP contribution in [0.1, 0.15) is 27.4 Å². The minimum atomic E-state index is -2.16. The molecule has 3 N–H and O–H groups in total. The van der Waals surface area contributed by atoms with Crippen LogP contribution in [-0.4, -0.2) is 15.8 Å². The number of carbonyl (C=O) groups excluding carboxylic acids is 1. The van der Waals surface area contributed by atoms with Gasteiger partial charge < -0.3 is 15.6 Å². The molecular formula is C15H9ClN2O5. The lowest BCUT2D eigenvalue weighted by atomic mass is 9.92. The van der Waals surface area contributed by atoms with Gasteiger partial charge in [0.2, 0.25) is 0 Å². The Morgan fingerprint density at radius 2 is 2.09 bits per heavy atom. The fraction of sp³-hybridized carbons (Fsp3) is 0.133. The zero-order valence-corrected chi connectivity index (χ0v) is 12.2. The van der Waals surface area contributed by atoms with E-state index in [0.29, 0.717) is 10.6 Å². The number of fused-ring (bicyclic) bond motifs is 5. The Hall–Kier alpha value is -2.64. The van der Waals surface area contributed by atoms with Crippen molar-refractivity contribution in [3.8, 4) is 5.75 Å². The number of nitrogen functional groups attached to an aromatic ring is 1. The molecule has 0 radical (unpaired) electrons. The van der Waals surface area contributed by atoms with Crippen LogP contribution in [0.3, 0.4) is 0 Å². The number of nitrogens with two attached hydrogens (primary N) is 1. The summed E-state index contributed by atoms with van der Waals surface area (Å²) in [5.74, 6) is -3.55. The Labute approximate surface area is 134 Å². The van der Waals surface area contributed by atoms with Crippen LogP contribution >= 0.6 is 11.6 Å². The van der Waals surface area contributed by atoms with Gasteiger partial charge in [-0.15, -0.1) is 0 Å². The number of aliphatic hydroxyl groups is 1. The Morgan fingerprint density at radius 1 is 1.35 bits per heavy atom. The number of ketones is 1. The third-order valence-electron chi connectivity index (χ3n) is 4.22. The highest BCUT2D eigenvalue weighted by Gasteiger charge is 2.62. The Morgan fingerprint density at radius 3 is 2.78 bits per heavy atom. The van der Waals surface area contributed by atoms with Crippen molar-refractivity contribution < 1.29 is 19.6 Å². The topological polar surface area (TPSA) is 116 Å². The minimum absolute atomic E-state index is 0.0627. The third-order valence-corrected chi connectivity index (χ3v) is 4.46. The Balaban J connectivity index is 2.03. The number of benzene rings is 2. The first kappa shape index (κ1) is 14.0. The standard InChI is InChI=1S/C15H9ClN2O5/c16-6-1-2-7-10(5-6)23-15(20)12(7)14(19)11-8(17)3-4-9(13(11)15)18(21)22/h1-5,12,20H,17H2. The highest BCUT2D eigenvalue weighted by atomic mass is 35.5. The molecule has 8 heteroatoms. The van der Waals surface area contributed by atoms with Crippen molar-refractivity contribution in [2.45, 2.75) is 11.7 Å². The number of rotatable bonds is 1. The molecule has 0 amide bonds. The molecular weight excluding hydrogens is 324 g/mol. The summed E-state index contributed by atoms with van der Waals surface area (Å²) in [6.07, 6.45) is 0. The molecule has 0 saturated heterocycles. The van der Waals surface area contributed by atoms with Crippen LogP contribution in [-0.2, 0) is 5.79 Å². The quantitative estimate of drug-likeness (QED) is 0.470. The first-order valence-electron chi connectivity index (χ1n) is 6.67. The van der Waals surface area contributed by atoms with Gasteiger partial charge in [0.25, 0.3) is 11.5 Å². The smallest absolute Gasteiger partial charge is 0.280 e. The molecule has 116 valence electrons. The van der Waals surface area contributed by atoms with Crippen molar-refractivity contribution >= 4 is 28.8 Å². The van der Waals surface area contributed by atoms with Gasteiger partial charge in [-0.05, 0) is 18.2 Å². The van der Waals surface area contributed by atoms with Crippen LogP contribution in [0.15, 0.2) is 30.3 Å². The number of nitro groups is 1. The van der Waals surface area contributed by atoms with E-state index in [1.807, 2.05) is 0 Å². The lowest BCUT2D eigenvalue weighted by molar-refractivity contribution is -0.387. The largest absolute Gasteiger partial charge is 0.456 e. The zero-order valence-electron chi connectivity index (χ0n) is 11.4. The van der Waals surface area contributed by atoms with Crippen molar-refractivity contribution in [3.63, 3.8) is 0 Å². The Kier molecular flexibility index (Phi) is 2.56. The SMILES string of the molecule is Nc1ccc([N+](=O)[O-])c2c1C(=O)C1c3ccc(Cl)cc3OC21O. The summed E-state index contributed by atoms with van der Waals surface area (Å²) in [6, 6.07) is 7.01. The number of halogens is 1. The molecule has 4 rings (SSSR count). The lowest BCUT2D eigenvalue weighted by Gasteiger charge is -2.22. The molecule has 0 aromatic heterocycles. The van der Waals surface area contributed by atoms with E-state index in [2.05, 4.69) is 0 Å². The van der Waals surface area contributed by atoms with Crippen molar-refractivity contribution in [2.24, 2.45) is 0 Å². The molecule has 2 aliphatic rings. The van der Waals surface area contributed by atoms with Crippen molar-refractivity contribution in [2.75, 3.05) is 5.73 Å². The zero-order chi connectivity index (χ0) is 16.5. The van der Waals surface area contributed by atoms with Gasteiger partial charge >= 0.3 is 0 Å². The second-order valence-corrected chi connectivity index (χ2v) is 5.90. The fourth-order valence-corrected chi connectivity index (χ4v) is 3.48. The van der Waals surface area contributed by atoms with E-state index in [9.17, 15) is 20.0 Å². The second-order valence-electron chi connectivity index (χ2n) is 5.46. The van der Waals surface area contributed by atoms with Gasteiger partial charge in [0.05, 0.1) is 10.5 Å². The number of hydrogen-bond acceptors (Lipinski definition) is 6. The monoisotopic (exact) mass is 332 g/mol. The lowest BCUT2D eigenvalue weighted by Crippen LogP contribution is -2.33. The van der Waals surface area contributed by atoms with Crippen molar-refractivity contribution in [3.05, 3.63) is 62.2 Å². The van der Waals surface area contributed by atoms with Gasteiger partial charge in [-0.3, -0.25) is 14.9 Å². The maximum atomic E-state index is 12.8. The molecule has 2 atom stereocenters. The number of anilines is 1. The highest BCUT2D eigenvalue weighted by molar-refractivity contribution is 6.30.